The first-order chi connectivity index (χ1) is 15.7. The second-order valence-corrected chi connectivity index (χ2v) is 8.31. The zero-order valence-electron chi connectivity index (χ0n) is 17.1. The SMILES string of the molecule is O=C(CSc1nnnn1-c1ccc(CO)cc1)N1CCc2cc(-c3cccnc3)ccc21. The average Bonchev–Trinajstić information content (AvgIpc) is 3.50. The van der Waals surface area contributed by atoms with E-state index in [1.165, 1.54) is 17.3 Å². The number of tetrazole rings is 1. The highest BCUT2D eigenvalue weighted by Gasteiger charge is 2.25. The van der Waals surface area contributed by atoms with Gasteiger partial charge >= 0.3 is 0 Å². The van der Waals surface area contributed by atoms with Crippen LogP contribution in [0.2, 0.25) is 0 Å². The number of carbonyl (C=O) groups is 1. The van der Waals surface area contributed by atoms with Crippen LogP contribution < -0.4 is 4.90 Å². The quantitative estimate of drug-likeness (QED) is 0.457. The summed E-state index contributed by atoms with van der Waals surface area (Å²) in [7, 11) is 0. The number of rotatable bonds is 6. The minimum atomic E-state index is -0.0208. The van der Waals surface area contributed by atoms with Gasteiger partial charge in [0, 0.05) is 24.6 Å². The van der Waals surface area contributed by atoms with Crippen molar-refractivity contribution in [1.29, 1.82) is 0 Å². The van der Waals surface area contributed by atoms with E-state index in [-0.39, 0.29) is 18.3 Å². The molecule has 9 heteroatoms. The molecule has 0 fully saturated rings. The van der Waals surface area contributed by atoms with Crippen LogP contribution in [0.4, 0.5) is 5.69 Å². The van der Waals surface area contributed by atoms with E-state index < -0.39 is 0 Å². The minimum absolute atomic E-state index is 0.0208. The molecule has 2 aromatic heterocycles. The zero-order chi connectivity index (χ0) is 21.9. The third-order valence-corrected chi connectivity index (χ3v) is 6.30. The molecule has 0 bridgehead atoms. The Hall–Kier alpha value is -3.56. The molecule has 0 atom stereocenters. The molecule has 3 heterocycles. The van der Waals surface area contributed by atoms with Crippen LogP contribution in [0, 0.1) is 0 Å². The van der Waals surface area contributed by atoms with E-state index in [2.05, 4.69) is 26.6 Å². The molecule has 0 saturated carbocycles. The summed E-state index contributed by atoms with van der Waals surface area (Å²) in [5.41, 5.74) is 5.88. The average molecular weight is 445 g/mol. The largest absolute Gasteiger partial charge is 0.392 e. The number of amides is 1. The van der Waals surface area contributed by atoms with Gasteiger partial charge in [-0.2, -0.15) is 4.68 Å². The van der Waals surface area contributed by atoms with Gasteiger partial charge < -0.3 is 10.0 Å². The normalized spacial score (nSPS) is 12.7. The number of anilines is 1. The molecule has 1 N–H and O–H groups in total. The number of thioether (sulfide) groups is 1. The first kappa shape index (κ1) is 20.3. The molecule has 1 aliphatic rings. The molecule has 4 aromatic rings. The van der Waals surface area contributed by atoms with Crippen molar-refractivity contribution in [2.24, 2.45) is 0 Å². The first-order valence-electron chi connectivity index (χ1n) is 10.2. The molecule has 0 unspecified atom stereocenters. The summed E-state index contributed by atoms with van der Waals surface area (Å²) in [6, 6.07) is 17.5. The minimum Gasteiger partial charge on any atom is -0.392 e. The van der Waals surface area contributed by atoms with Gasteiger partial charge in [0.05, 0.1) is 18.0 Å². The monoisotopic (exact) mass is 444 g/mol. The van der Waals surface area contributed by atoms with Crippen LogP contribution in [0.15, 0.2) is 72.1 Å². The lowest BCUT2D eigenvalue weighted by Gasteiger charge is -2.17. The van der Waals surface area contributed by atoms with Gasteiger partial charge in [0.1, 0.15) is 0 Å². The smallest absolute Gasteiger partial charge is 0.237 e. The van der Waals surface area contributed by atoms with Crippen LogP contribution in [0.25, 0.3) is 16.8 Å². The molecule has 5 rings (SSSR count). The summed E-state index contributed by atoms with van der Waals surface area (Å²) >= 11 is 1.31. The summed E-state index contributed by atoms with van der Waals surface area (Å²) in [6.45, 7) is 0.645. The summed E-state index contributed by atoms with van der Waals surface area (Å²) in [6.07, 6.45) is 4.43. The number of carbonyl (C=O) groups excluding carboxylic acids is 1. The number of aliphatic hydroxyl groups is 1. The van der Waals surface area contributed by atoms with Crippen molar-refractivity contribution in [2.45, 2.75) is 18.2 Å². The van der Waals surface area contributed by atoms with Gasteiger partial charge in [-0.25, -0.2) is 0 Å². The zero-order valence-corrected chi connectivity index (χ0v) is 17.9. The standard InChI is InChI=1S/C23H20N6O2S/c30-14-16-3-6-20(7-4-16)29-23(25-26-27-29)32-15-22(31)28-11-9-18-12-17(5-8-21(18)28)19-2-1-10-24-13-19/h1-8,10,12-13,30H,9,11,14-15H2. The fourth-order valence-electron chi connectivity index (χ4n) is 3.75. The molecule has 0 spiro atoms. The molecule has 8 nitrogen and oxygen atoms in total. The third kappa shape index (κ3) is 4.00. The van der Waals surface area contributed by atoms with E-state index >= 15 is 0 Å². The van der Waals surface area contributed by atoms with Crippen molar-refractivity contribution in [3.63, 3.8) is 0 Å². The summed E-state index contributed by atoms with van der Waals surface area (Å²) < 4.78 is 1.59. The van der Waals surface area contributed by atoms with E-state index in [4.69, 9.17) is 0 Å². The maximum atomic E-state index is 13.0. The van der Waals surface area contributed by atoms with E-state index in [9.17, 15) is 9.90 Å². The van der Waals surface area contributed by atoms with Crippen LogP contribution in [0.1, 0.15) is 11.1 Å². The van der Waals surface area contributed by atoms with Crippen LogP contribution in [0.3, 0.4) is 0 Å². The topological polar surface area (TPSA) is 97.0 Å². The Balaban J connectivity index is 1.28. The fourth-order valence-corrected chi connectivity index (χ4v) is 4.52. The van der Waals surface area contributed by atoms with Gasteiger partial charge in [-0.15, -0.1) is 5.10 Å². The molecular formula is C23H20N6O2S. The Bertz CT molecular complexity index is 1240. The fraction of sp³-hybridized carbons (Fsp3) is 0.174. The van der Waals surface area contributed by atoms with Gasteiger partial charge in [0.25, 0.3) is 0 Å². The molecule has 1 amide bonds. The van der Waals surface area contributed by atoms with Crippen molar-refractivity contribution < 1.29 is 9.90 Å². The van der Waals surface area contributed by atoms with E-state index in [1.54, 1.807) is 10.9 Å². The van der Waals surface area contributed by atoms with Gasteiger partial charge in [-0.3, -0.25) is 9.78 Å². The Morgan fingerprint density at radius 3 is 2.75 bits per heavy atom. The third-order valence-electron chi connectivity index (χ3n) is 5.40. The molecular weight excluding hydrogens is 424 g/mol. The highest BCUT2D eigenvalue weighted by molar-refractivity contribution is 7.99. The molecule has 0 aliphatic carbocycles. The number of hydrogen-bond donors (Lipinski definition) is 1. The van der Waals surface area contributed by atoms with E-state index in [0.717, 1.165) is 34.5 Å². The number of aliphatic hydroxyl groups excluding tert-OH is 1. The molecule has 32 heavy (non-hydrogen) atoms. The second kappa shape index (κ2) is 8.89. The Morgan fingerprint density at radius 1 is 1.09 bits per heavy atom. The number of benzene rings is 2. The van der Waals surface area contributed by atoms with Gasteiger partial charge in [0.2, 0.25) is 11.1 Å². The Labute approximate surface area is 188 Å². The maximum absolute atomic E-state index is 13.0. The van der Waals surface area contributed by atoms with Crippen molar-refractivity contribution in [3.8, 4) is 16.8 Å². The maximum Gasteiger partial charge on any atom is 0.237 e. The van der Waals surface area contributed by atoms with Crippen molar-refractivity contribution >= 4 is 23.4 Å². The Kier molecular flexibility index (Phi) is 5.66. The predicted molar refractivity (Wildman–Crippen MR) is 122 cm³/mol. The number of nitrogens with zero attached hydrogens (tertiary/aromatic N) is 6. The van der Waals surface area contributed by atoms with Crippen LogP contribution in [0.5, 0.6) is 0 Å². The van der Waals surface area contributed by atoms with Crippen molar-refractivity contribution in [2.75, 3.05) is 17.2 Å². The first-order valence-corrected chi connectivity index (χ1v) is 11.2. The van der Waals surface area contributed by atoms with Gasteiger partial charge in [-0.1, -0.05) is 36.0 Å². The van der Waals surface area contributed by atoms with Crippen LogP contribution in [-0.4, -0.2) is 48.5 Å². The van der Waals surface area contributed by atoms with Gasteiger partial charge in [-0.05, 0) is 69.4 Å². The lowest BCUT2D eigenvalue weighted by molar-refractivity contribution is -0.116. The van der Waals surface area contributed by atoms with E-state index in [0.29, 0.717) is 11.7 Å². The summed E-state index contributed by atoms with van der Waals surface area (Å²) in [4.78, 5) is 19.0. The van der Waals surface area contributed by atoms with Crippen molar-refractivity contribution in [3.05, 3.63) is 78.1 Å². The highest BCUT2D eigenvalue weighted by atomic mass is 32.2. The number of aromatic nitrogens is 5. The lowest BCUT2D eigenvalue weighted by atomic mass is 10.0. The number of pyridine rings is 1. The van der Waals surface area contributed by atoms with Crippen LogP contribution in [-0.2, 0) is 17.8 Å². The highest BCUT2D eigenvalue weighted by Crippen LogP contribution is 2.33. The number of hydrogen-bond acceptors (Lipinski definition) is 7. The van der Waals surface area contributed by atoms with E-state index in [1.807, 2.05) is 59.6 Å². The van der Waals surface area contributed by atoms with Gasteiger partial charge in [0.15, 0.2) is 0 Å². The van der Waals surface area contributed by atoms with Crippen LogP contribution >= 0.6 is 11.8 Å². The molecule has 0 saturated heterocycles. The summed E-state index contributed by atoms with van der Waals surface area (Å²) in [5.74, 6) is 0.256. The van der Waals surface area contributed by atoms with Crippen molar-refractivity contribution in [1.82, 2.24) is 25.2 Å². The molecule has 0 radical (unpaired) electrons. The number of fused-ring (bicyclic) bond motifs is 1. The summed E-state index contributed by atoms with van der Waals surface area (Å²) in [5, 5.41) is 21.6. The molecule has 1 aliphatic heterocycles. The molecule has 160 valence electrons. The predicted octanol–water partition coefficient (Wildman–Crippen LogP) is 2.90. The molecule has 2 aromatic carbocycles. The second-order valence-electron chi connectivity index (χ2n) is 7.37. The lowest BCUT2D eigenvalue weighted by Crippen LogP contribution is -2.30. The Morgan fingerprint density at radius 2 is 1.97 bits per heavy atom.